The summed E-state index contributed by atoms with van der Waals surface area (Å²) < 4.78 is 2.77. The van der Waals surface area contributed by atoms with Gasteiger partial charge in [0.2, 0.25) is 0 Å². The van der Waals surface area contributed by atoms with Gasteiger partial charge in [-0.05, 0) is 177 Å². The van der Waals surface area contributed by atoms with E-state index in [4.69, 9.17) is 0 Å². The van der Waals surface area contributed by atoms with Crippen LogP contribution in [0.5, 0.6) is 0 Å². The molecule has 1 heteroatoms. The minimum Gasteiger partial charge on any atom is -0.135 e. The summed E-state index contributed by atoms with van der Waals surface area (Å²) >= 11 is 1.87. The van der Waals surface area contributed by atoms with Crippen LogP contribution < -0.4 is 0 Å². The van der Waals surface area contributed by atoms with Gasteiger partial charge >= 0.3 is 0 Å². The van der Waals surface area contributed by atoms with Crippen molar-refractivity contribution in [3.05, 3.63) is 359 Å². The molecule has 0 radical (unpaired) electrons. The first kappa shape index (κ1) is 54.9. The van der Waals surface area contributed by atoms with Gasteiger partial charge in [0, 0.05) is 20.2 Å². The number of fused-ring (bicyclic) bond motifs is 8. The molecule has 84 heavy (non-hydrogen) atoms. The van der Waals surface area contributed by atoms with E-state index in [-0.39, 0.29) is 5.41 Å². The van der Waals surface area contributed by atoms with Gasteiger partial charge in [-0.15, -0.1) is 11.3 Å². The zero-order valence-corrected chi connectivity index (χ0v) is 49.6. The molecule has 0 unspecified atom stereocenters. The molecule has 0 spiro atoms. The Labute approximate surface area is 500 Å². The van der Waals surface area contributed by atoms with E-state index in [0.29, 0.717) is 0 Å². The second-order valence-corrected chi connectivity index (χ2v) is 23.4. The number of benzene rings is 13. The highest BCUT2D eigenvalue weighted by atomic mass is 32.1. The predicted molar refractivity (Wildman–Crippen MR) is 364 cm³/mol. The van der Waals surface area contributed by atoms with Gasteiger partial charge in [0.15, 0.2) is 0 Å². The lowest BCUT2D eigenvalue weighted by Gasteiger charge is -2.34. The molecule has 0 bridgehead atoms. The fraction of sp³-hybridized carbons (Fsp3) is 0.0843. The Balaban J connectivity index is 0.000000117. The average Bonchev–Trinajstić information content (AvgIpc) is 1.60. The lowest BCUT2D eigenvalue weighted by atomic mass is 9.67. The van der Waals surface area contributed by atoms with Crippen LogP contribution >= 0.6 is 11.3 Å². The molecule has 0 nitrogen and oxygen atoms in total. The van der Waals surface area contributed by atoms with E-state index in [1.165, 1.54) is 142 Å². The first-order chi connectivity index (χ1) is 41.1. The van der Waals surface area contributed by atoms with E-state index < -0.39 is 0 Å². The van der Waals surface area contributed by atoms with E-state index in [9.17, 15) is 0 Å². The molecule has 15 rings (SSSR count). The largest absolute Gasteiger partial charge is 0.135 e. The van der Waals surface area contributed by atoms with Crippen molar-refractivity contribution in [1.29, 1.82) is 0 Å². The molecule has 0 saturated heterocycles. The third kappa shape index (κ3) is 11.1. The monoisotopic (exact) mass is 1100 g/mol. The van der Waals surface area contributed by atoms with E-state index in [0.717, 1.165) is 0 Å². The minimum absolute atomic E-state index is 0.325. The molecular weight excluding hydrogens is 1030 g/mol. The molecule has 406 valence electrons. The standard InChI is InChI=1S/C31H24.C26H22.C13H10S.C13H12/c1-21-17-18-27-28(19-21)31(23-11-5-3-6-12-23,24-13-7-4-8-14-24)29-20-22(2)25-15-9-10-16-26(25)30(27)29;1-19-13-15-23(21-9-5-3-6-10-21)17-25(19)26-18-24(16-14-20(26)2)22-11-7-4-8-12-22;1-9-6-7-13-11(8-9)10-4-2-3-5-12(10)14-13;1-11-6-5-9-13(10-11)12-7-3-2-4-8-12/h3-20H,1-2H3;3-18H,1-2H3;2-8H,1H3;2-10H,1H3. The van der Waals surface area contributed by atoms with Crippen LogP contribution in [0.2, 0.25) is 0 Å². The zero-order chi connectivity index (χ0) is 57.6. The summed E-state index contributed by atoms with van der Waals surface area (Å²) in [6.07, 6.45) is 0. The van der Waals surface area contributed by atoms with Crippen LogP contribution in [0.4, 0.5) is 0 Å². The molecular formula is C83H68S. The molecule has 1 heterocycles. The lowest BCUT2D eigenvalue weighted by Crippen LogP contribution is -2.28. The molecule has 1 aliphatic carbocycles. The highest BCUT2D eigenvalue weighted by Gasteiger charge is 2.47. The van der Waals surface area contributed by atoms with E-state index in [1.807, 2.05) is 17.4 Å². The Hall–Kier alpha value is -9.66. The Bertz CT molecular complexity index is 4450. The van der Waals surface area contributed by atoms with Crippen molar-refractivity contribution >= 4 is 42.3 Å². The molecule has 1 aromatic heterocycles. The Morgan fingerprint density at radius 1 is 0.238 bits per heavy atom. The van der Waals surface area contributed by atoms with Crippen molar-refractivity contribution < 1.29 is 0 Å². The number of hydrogen-bond acceptors (Lipinski definition) is 1. The molecule has 0 saturated carbocycles. The Morgan fingerprint density at radius 2 is 0.667 bits per heavy atom. The summed E-state index contributed by atoms with van der Waals surface area (Å²) in [7, 11) is 0. The predicted octanol–water partition coefficient (Wildman–Crippen LogP) is 23.1. The fourth-order valence-corrected chi connectivity index (χ4v) is 13.5. The first-order valence-corrected chi connectivity index (χ1v) is 30.0. The van der Waals surface area contributed by atoms with Crippen molar-refractivity contribution in [1.82, 2.24) is 0 Å². The fourth-order valence-electron chi connectivity index (χ4n) is 12.4. The van der Waals surface area contributed by atoms with Gasteiger partial charge in [0.05, 0.1) is 5.41 Å². The molecule has 0 N–H and O–H groups in total. The number of thiophene rings is 1. The Morgan fingerprint density at radius 3 is 1.21 bits per heavy atom. The molecule has 14 aromatic rings. The first-order valence-electron chi connectivity index (χ1n) is 29.2. The molecule has 0 aliphatic heterocycles. The third-order valence-electron chi connectivity index (χ3n) is 16.6. The van der Waals surface area contributed by atoms with Crippen LogP contribution in [0.25, 0.3) is 86.6 Å². The number of rotatable bonds is 6. The SMILES string of the molecule is Cc1ccc(-c2ccccc2)cc1-c1cc(-c2ccccc2)ccc1C.Cc1ccc2c(c1)C(c1ccccc1)(c1ccccc1)c1cc(C)c3ccccc3c1-2.Cc1ccc2sc3ccccc3c2c1.Cc1cccc(-c2ccccc2)c1. The maximum atomic E-state index is 2.44. The normalized spacial score (nSPS) is 11.8. The number of aryl methyl sites for hydroxylation is 6. The van der Waals surface area contributed by atoms with Gasteiger partial charge in [-0.2, -0.15) is 0 Å². The van der Waals surface area contributed by atoms with Crippen molar-refractivity contribution in [2.45, 2.75) is 47.0 Å². The van der Waals surface area contributed by atoms with E-state index in [1.54, 1.807) is 0 Å². The highest BCUT2D eigenvalue weighted by Crippen LogP contribution is 2.58. The maximum Gasteiger partial charge on any atom is 0.0713 e. The van der Waals surface area contributed by atoms with Gasteiger partial charge < -0.3 is 0 Å². The van der Waals surface area contributed by atoms with Crippen LogP contribution in [0.3, 0.4) is 0 Å². The summed E-state index contributed by atoms with van der Waals surface area (Å²) in [5, 5.41) is 5.46. The quantitative estimate of drug-likeness (QED) is 0.156. The third-order valence-corrected chi connectivity index (χ3v) is 17.7. The smallest absolute Gasteiger partial charge is 0.0713 e. The van der Waals surface area contributed by atoms with Gasteiger partial charge in [0.1, 0.15) is 0 Å². The molecule has 1 aliphatic rings. The van der Waals surface area contributed by atoms with Crippen molar-refractivity contribution in [3.8, 4) is 55.6 Å². The second-order valence-electron chi connectivity index (χ2n) is 22.3. The summed E-state index contributed by atoms with van der Waals surface area (Å²) in [6.45, 7) is 13.1. The molecule has 0 atom stereocenters. The maximum absolute atomic E-state index is 2.44. The zero-order valence-electron chi connectivity index (χ0n) is 48.8. The molecule has 13 aromatic carbocycles. The topological polar surface area (TPSA) is 0 Å². The second kappa shape index (κ2) is 24.4. The minimum atomic E-state index is -0.325. The molecule has 0 fully saturated rings. The van der Waals surface area contributed by atoms with Crippen molar-refractivity contribution in [3.63, 3.8) is 0 Å². The average molecular weight is 1100 g/mol. The van der Waals surface area contributed by atoms with E-state index >= 15 is 0 Å². The summed E-state index contributed by atoms with van der Waals surface area (Å²) in [5.74, 6) is 0. The summed E-state index contributed by atoms with van der Waals surface area (Å²) in [5.41, 5.74) is 25.9. The van der Waals surface area contributed by atoms with E-state index in [2.05, 4.69) is 339 Å². The summed E-state index contributed by atoms with van der Waals surface area (Å²) in [6, 6.07) is 109. The van der Waals surface area contributed by atoms with Crippen LogP contribution in [0.15, 0.2) is 303 Å². The van der Waals surface area contributed by atoms with Crippen molar-refractivity contribution in [2.75, 3.05) is 0 Å². The summed E-state index contributed by atoms with van der Waals surface area (Å²) in [4.78, 5) is 0. The van der Waals surface area contributed by atoms with Crippen molar-refractivity contribution in [2.24, 2.45) is 0 Å². The van der Waals surface area contributed by atoms with Crippen LogP contribution in [0.1, 0.15) is 55.6 Å². The van der Waals surface area contributed by atoms with Crippen LogP contribution in [-0.2, 0) is 5.41 Å². The number of hydrogen-bond donors (Lipinski definition) is 0. The Kier molecular flexibility index (Phi) is 16.0. The highest BCUT2D eigenvalue weighted by molar-refractivity contribution is 7.25. The van der Waals surface area contributed by atoms with Gasteiger partial charge in [0.25, 0.3) is 0 Å². The van der Waals surface area contributed by atoms with Gasteiger partial charge in [-0.1, -0.05) is 290 Å². The van der Waals surface area contributed by atoms with Gasteiger partial charge in [-0.25, -0.2) is 0 Å². The van der Waals surface area contributed by atoms with Crippen LogP contribution in [-0.4, -0.2) is 0 Å². The lowest BCUT2D eigenvalue weighted by molar-refractivity contribution is 0.767. The van der Waals surface area contributed by atoms with Crippen LogP contribution in [0, 0.1) is 41.5 Å². The van der Waals surface area contributed by atoms with Gasteiger partial charge in [-0.3, -0.25) is 0 Å². The molecule has 0 amide bonds.